The molecule has 0 aliphatic carbocycles. The Morgan fingerprint density at radius 1 is 1.25 bits per heavy atom. The van der Waals surface area contributed by atoms with Crippen LogP contribution in [0, 0.1) is 0 Å². The molecule has 0 saturated carbocycles. The van der Waals surface area contributed by atoms with Gasteiger partial charge in [0.25, 0.3) is 5.56 Å². The number of rotatable bonds is 2. The fraction of sp³-hybridized carbons (Fsp3) is 0.273. The summed E-state index contributed by atoms with van der Waals surface area (Å²) in [5.74, 6) is 0.851. The van der Waals surface area contributed by atoms with E-state index in [1.54, 1.807) is 12.4 Å². The summed E-state index contributed by atoms with van der Waals surface area (Å²) in [6.45, 7) is 3.95. The summed E-state index contributed by atoms with van der Waals surface area (Å²) in [7, 11) is 0. The molecule has 2 aromatic heterocycles. The molecule has 0 amide bonds. The summed E-state index contributed by atoms with van der Waals surface area (Å²) >= 11 is 0. The van der Waals surface area contributed by atoms with Crippen molar-refractivity contribution in [2.45, 2.75) is 19.8 Å². The number of nitrogens with zero attached hydrogens (tertiary/aromatic N) is 3. The molecule has 0 radical (unpaired) electrons. The van der Waals surface area contributed by atoms with Crippen LogP contribution in [0.15, 0.2) is 29.6 Å². The summed E-state index contributed by atoms with van der Waals surface area (Å²) in [6, 6.07) is 1.45. The maximum Gasteiger partial charge on any atom is 0.251 e. The van der Waals surface area contributed by atoms with E-state index < -0.39 is 0 Å². The Labute approximate surface area is 92.6 Å². The van der Waals surface area contributed by atoms with Crippen molar-refractivity contribution in [2.75, 3.05) is 0 Å². The van der Waals surface area contributed by atoms with Crippen LogP contribution < -0.4 is 5.56 Å². The highest BCUT2D eigenvalue weighted by Gasteiger charge is 2.06. The van der Waals surface area contributed by atoms with Crippen molar-refractivity contribution in [3.63, 3.8) is 0 Å². The Morgan fingerprint density at radius 2 is 1.94 bits per heavy atom. The molecule has 0 aliphatic heterocycles. The predicted molar refractivity (Wildman–Crippen MR) is 60.0 cm³/mol. The van der Waals surface area contributed by atoms with E-state index in [4.69, 9.17) is 0 Å². The van der Waals surface area contributed by atoms with Crippen molar-refractivity contribution in [1.29, 1.82) is 0 Å². The zero-order valence-electron chi connectivity index (χ0n) is 9.14. The minimum absolute atomic E-state index is 0.155. The minimum atomic E-state index is -0.155. The third kappa shape index (κ3) is 2.13. The first-order valence-corrected chi connectivity index (χ1v) is 5.03. The van der Waals surface area contributed by atoms with E-state index in [0.29, 0.717) is 11.5 Å². The van der Waals surface area contributed by atoms with E-state index in [1.165, 1.54) is 12.4 Å². The molecule has 0 fully saturated rings. The van der Waals surface area contributed by atoms with Gasteiger partial charge in [0.2, 0.25) is 0 Å². The lowest BCUT2D eigenvalue weighted by Gasteiger charge is -2.06. The molecule has 2 aromatic rings. The first kappa shape index (κ1) is 10.5. The molecule has 82 valence electrons. The maximum absolute atomic E-state index is 11.5. The Kier molecular flexibility index (Phi) is 2.76. The lowest BCUT2D eigenvalue weighted by molar-refractivity contribution is 0.768. The molecule has 0 aliphatic rings. The van der Waals surface area contributed by atoms with Crippen molar-refractivity contribution in [3.8, 4) is 11.3 Å². The van der Waals surface area contributed by atoms with Crippen LogP contribution in [0.25, 0.3) is 11.3 Å². The third-order valence-electron chi connectivity index (χ3n) is 2.16. The van der Waals surface area contributed by atoms with Gasteiger partial charge in [0.15, 0.2) is 0 Å². The van der Waals surface area contributed by atoms with Crippen LogP contribution in [0.5, 0.6) is 0 Å². The average molecular weight is 216 g/mol. The van der Waals surface area contributed by atoms with Gasteiger partial charge in [-0.2, -0.15) is 0 Å². The van der Waals surface area contributed by atoms with Crippen molar-refractivity contribution < 1.29 is 0 Å². The van der Waals surface area contributed by atoms with Crippen LogP contribution in [0.2, 0.25) is 0 Å². The molecule has 16 heavy (non-hydrogen) atoms. The Morgan fingerprint density at radius 3 is 2.56 bits per heavy atom. The molecule has 2 rings (SSSR count). The molecular weight excluding hydrogens is 204 g/mol. The number of hydrogen-bond donors (Lipinski definition) is 1. The lowest BCUT2D eigenvalue weighted by atomic mass is 10.2. The molecule has 0 atom stereocenters. The molecular formula is C11H12N4O. The highest BCUT2D eigenvalue weighted by Crippen LogP contribution is 2.14. The lowest BCUT2D eigenvalue weighted by Crippen LogP contribution is -2.12. The standard InChI is InChI=1S/C11H12N4O/c1-7(2)11-14-9(3-10(16)15-11)8-4-12-6-13-5-8/h3-7H,1-2H3,(H,14,15,16). The average Bonchev–Trinajstić information content (AvgIpc) is 2.29. The zero-order chi connectivity index (χ0) is 11.5. The van der Waals surface area contributed by atoms with Crippen LogP contribution in [0.4, 0.5) is 0 Å². The third-order valence-corrected chi connectivity index (χ3v) is 2.16. The number of aromatic amines is 1. The smallest absolute Gasteiger partial charge is 0.251 e. The normalized spacial score (nSPS) is 10.7. The predicted octanol–water partition coefficient (Wildman–Crippen LogP) is 1.35. The summed E-state index contributed by atoms with van der Waals surface area (Å²) in [5.41, 5.74) is 1.20. The van der Waals surface area contributed by atoms with Crippen molar-refractivity contribution in [1.82, 2.24) is 19.9 Å². The van der Waals surface area contributed by atoms with Gasteiger partial charge in [-0.05, 0) is 0 Å². The van der Waals surface area contributed by atoms with Gasteiger partial charge in [0.1, 0.15) is 12.2 Å². The first-order valence-electron chi connectivity index (χ1n) is 5.03. The Balaban J connectivity index is 2.54. The van der Waals surface area contributed by atoms with E-state index in [9.17, 15) is 4.79 Å². The SMILES string of the molecule is CC(C)c1nc(-c2cncnc2)cc(=O)[nH]1. The largest absolute Gasteiger partial charge is 0.310 e. The zero-order valence-corrected chi connectivity index (χ0v) is 9.14. The van der Waals surface area contributed by atoms with E-state index in [-0.39, 0.29) is 11.5 Å². The fourth-order valence-corrected chi connectivity index (χ4v) is 1.33. The van der Waals surface area contributed by atoms with Crippen LogP contribution in [0.3, 0.4) is 0 Å². The van der Waals surface area contributed by atoms with Gasteiger partial charge >= 0.3 is 0 Å². The summed E-state index contributed by atoms with van der Waals surface area (Å²) < 4.78 is 0. The number of hydrogen-bond acceptors (Lipinski definition) is 4. The van der Waals surface area contributed by atoms with Gasteiger partial charge in [-0.3, -0.25) is 4.79 Å². The van der Waals surface area contributed by atoms with E-state index in [0.717, 1.165) is 5.56 Å². The first-order chi connectivity index (χ1) is 7.66. The van der Waals surface area contributed by atoms with Gasteiger partial charge < -0.3 is 4.98 Å². The van der Waals surface area contributed by atoms with E-state index in [1.807, 2.05) is 13.8 Å². The van der Waals surface area contributed by atoms with Crippen LogP contribution in [-0.4, -0.2) is 19.9 Å². The van der Waals surface area contributed by atoms with Crippen molar-refractivity contribution in [2.24, 2.45) is 0 Å². The molecule has 0 bridgehead atoms. The molecule has 0 saturated heterocycles. The summed E-state index contributed by atoms with van der Waals surface area (Å²) in [5, 5.41) is 0. The highest BCUT2D eigenvalue weighted by atomic mass is 16.1. The van der Waals surface area contributed by atoms with Gasteiger partial charge in [-0.15, -0.1) is 0 Å². The van der Waals surface area contributed by atoms with Crippen molar-refractivity contribution >= 4 is 0 Å². The molecule has 1 N–H and O–H groups in total. The summed E-state index contributed by atoms with van der Waals surface area (Å²) in [4.78, 5) is 26.3. The fourth-order valence-electron chi connectivity index (χ4n) is 1.33. The minimum Gasteiger partial charge on any atom is -0.310 e. The molecule has 0 aromatic carbocycles. The van der Waals surface area contributed by atoms with Gasteiger partial charge in [-0.25, -0.2) is 15.0 Å². The molecule has 0 unspecified atom stereocenters. The van der Waals surface area contributed by atoms with Crippen LogP contribution >= 0.6 is 0 Å². The Hall–Kier alpha value is -2.04. The number of nitrogens with one attached hydrogen (secondary N) is 1. The molecule has 5 heteroatoms. The molecule has 0 spiro atoms. The number of aromatic nitrogens is 4. The second-order valence-electron chi connectivity index (χ2n) is 3.80. The van der Waals surface area contributed by atoms with Gasteiger partial charge in [-0.1, -0.05) is 13.8 Å². The van der Waals surface area contributed by atoms with Gasteiger partial charge in [0, 0.05) is 29.9 Å². The monoisotopic (exact) mass is 216 g/mol. The van der Waals surface area contributed by atoms with Crippen molar-refractivity contribution in [3.05, 3.63) is 41.0 Å². The van der Waals surface area contributed by atoms with E-state index >= 15 is 0 Å². The molecule has 5 nitrogen and oxygen atoms in total. The Bertz CT molecular complexity index is 533. The van der Waals surface area contributed by atoms with Crippen LogP contribution in [0.1, 0.15) is 25.6 Å². The topological polar surface area (TPSA) is 71.5 Å². The van der Waals surface area contributed by atoms with E-state index in [2.05, 4.69) is 19.9 Å². The number of H-pyrrole nitrogens is 1. The second-order valence-corrected chi connectivity index (χ2v) is 3.80. The van der Waals surface area contributed by atoms with Crippen LogP contribution in [-0.2, 0) is 0 Å². The summed E-state index contributed by atoms with van der Waals surface area (Å²) in [6.07, 6.45) is 4.72. The van der Waals surface area contributed by atoms with Gasteiger partial charge in [0.05, 0.1) is 5.69 Å². The maximum atomic E-state index is 11.5. The molecule has 2 heterocycles. The quantitative estimate of drug-likeness (QED) is 0.822. The highest BCUT2D eigenvalue weighted by molar-refractivity contribution is 5.55. The second kappa shape index (κ2) is 4.22.